The van der Waals surface area contributed by atoms with Gasteiger partial charge in [-0.15, -0.1) is 0 Å². The van der Waals surface area contributed by atoms with Crippen LogP contribution >= 0.6 is 0 Å². The molecule has 0 aliphatic rings. The molecule has 0 saturated carbocycles. The smallest absolute Gasteiger partial charge is 0.223 e. The average Bonchev–Trinajstić information content (AvgIpc) is 2.36. The Bertz CT molecular complexity index is 345. The highest BCUT2D eigenvalue weighted by Crippen LogP contribution is 2.14. The first-order valence-corrected chi connectivity index (χ1v) is 6.95. The van der Waals surface area contributed by atoms with Crippen LogP contribution in [0.25, 0.3) is 0 Å². The maximum Gasteiger partial charge on any atom is 0.223 e. The van der Waals surface area contributed by atoms with Crippen LogP contribution in [0.4, 0.5) is 0 Å². The number of rotatable bonds is 7. The molecule has 1 unspecified atom stereocenters. The molecule has 0 aliphatic heterocycles. The van der Waals surface area contributed by atoms with Crippen LogP contribution in [0.5, 0.6) is 0 Å². The minimum atomic E-state index is 0.108. The monoisotopic (exact) mass is 247 g/mol. The minimum absolute atomic E-state index is 0.108. The molecular weight excluding hydrogens is 222 g/mol. The van der Waals surface area contributed by atoms with Gasteiger partial charge in [0.1, 0.15) is 0 Å². The van der Waals surface area contributed by atoms with Crippen LogP contribution in [0.1, 0.15) is 39.2 Å². The minimum Gasteiger partial charge on any atom is -0.356 e. The van der Waals surface area contributed by atoms with Crippen molar-refractivity contribution >= 4 is 5.91 Å². The topological polar surface area (TPSA) is 29.1 Å². The van der Waals surface area contributed by atoms with E-state index in [0.717, 1.165) is 25.8 Å². The predicted octanol–water partition coefficient (Wildman–Crippen LogP) is 3.42. The highest BCUT2D eigenvalue weighted by atomic mass is 16.1. The summed E-state index contributed by atoms with van der Waals surface area (Å²) in [6, 6.07) is 10.3. The summed E-state index contributed by atoms with van der Waals surface area (Å²) >= 11 is 0. The number of carbonyl (C=O) groups excluding carboxylic acids is 1. The number of hydrogen-bond donors (Lipinski definition) is 1. The summed E-state index contributed by atoms with van der Waals surface area (Å²) in [6.07, 6.45) is 2.85. The van der Waals surface area contributed by atoms with Crippen molar-refractivity contribution in [2.45, 2.75) is 40.0 Å². The van der Waals surface area contributed by atoms with Crippen molar-refractivity contribution in [2.24, 2.45) is 11.8 Å². The van der Waals surface area contributed by atoms with Gasteiger partial charge in [0.05, 0.1) is 0 Å². The Morgan fingerprint density at radius 2 is 1.89 bits per heavy atom. The Kier molecular flexibility index (Phi) is 6.48. The molecule has 1 aromatic rings. The third kappa shape index (κ3) is 5.35. The molecule has 0 bridgehead atoms. The Morgan fingerprint density at radius 3 is 2.44 bits per heavy atom. The molecule has 0 aromatic heterocycles. The first-order valence-electron chi connectivity index (χ1n) is 6.95. The first-order chi connectivity index (χ1) is 8.63. The Labute approximate surface area is 111 Å². The normalized spacial score (nSPS) is 12.4. The number of nitrogens with one attached hydrogen (secondary N) is 1. The fourth-order valence-electron chi connectivity index (χ4n) is 2.02. The quantitative estimate of drug-likeness (QED) is 0.786. The van der Waals surface area contributed by atoms with Gasteiger partial charge in [0.25, 0.3) is 0 Å². The molecule has 0 heterocycles. The van der Waals surface area contributed by atoms with E-state index in [1.807, 2.05) is 18.2 Å². The summed E-state index contributed by atoms with van der Waals surface area (Å²) in [5, 5.41) is 3.05. The molecule has 1 rings (SSSR count). The average molecular weight is 247 g/mol. The number of benzene rings is 1. The van der Waals surface area contributed by atoms with Gasteiger partial charge in [-0.2, -0.15) is 0 Å². The van der Waals surface area contributed by atoms with E-state index in [-0.39, 0.29) is 11.8 Å². The number of carbonyl (C=O) groups is 1. The van der Waals surface area contributed by atoms with Crippen LogP contribution in [0.2, 0.25) is 0 Å². The molecule has 1 amide bonds. The molecule has 100 valence electrons. The van der Waals surface area contributed by atoms with Gasteiger partial charge in [0, 0.05) is 12.5 Å². The third-order valence-corrected chi connectivity index (χ3v) is 3.02. The third-order valence-electron chi connectivity index (χ3n) is 3.02. The maximum atomic E-state index is 12.1. The molecule has 18 heavy (non-hydrogen) atoms. The van der Waals surface area contributed by atoms with E-state index >= 15 is 0 Å². The van der Waals surface area contributed by atoms with Crippen LogP contribution in [-0.2, 0) is 11.2 Å². The Hall–Kier alpha value is -1.31. The van der Waals surface area contributed by atoms with Gasteiger partial charge in [0.2, 0.25) is 5.91 Å². The van der Waals surface area contributed by atoms with Gasteiger partial charge >= 0.3 is 0 Å². The fraction of sp³-hybridized carbons (Fsp3) is 0.562. The lowest BCUT2D eigenvalue weighted by molar-refractivity contribution is -0.125. The van der Waals surface area contributed by atoms with Crippen molar-refractivity contribution in [2.75, 3.05) is 6.54 Å². The van der Waals surface area contributed by atoms with Gasteiger partial charge in [-0.1, -0.05) is 57.5 Å². The van der Waals surface area contributed by atoms with Crippen molar-refractivity contribution in [1.29, 1.82) is 0 Å². The van der Waals surface area contributed by atoms with Crippen LogP contribution in [-0.4, -0.2) is 12.5 Å². The second-order valence-corrected chi connectivity index (χ2v) is 5.31. The molecule has 1 N–H and O–H groups in total. The summed E-state index contributed by atoms with van der Waals surface area (Å²) < 4.78 is 0. The lowest BCUT2D eigenvalue weighted by Gasteiger charge is -2.17. The standard InChI is InChI=1S/C16H25NO/c1-4-8-15(16(18)17-12-13(2)3)11-14-9-6-5-7-10-14/h5-7,9-10,13,15H,4,8,11-12H2,1-3H3,(H,17,18). The number of amides is 1. The second-order valence-electron chi connectivity index (χ2n) is 5.31. The summed E-state index contributed by atoms with van der Waals surface area (Å²) in [6.45, 7) is 7.14. The SMILES string of the molecule is CCCC(Cc1ccccc1)C(=O)NCC(C)C. The van der Waals surface area contributed by atoms with Gasteiger partial charge in [-0.25, -0.2) is 0 Å². The van der Waals surface area contributed by atoms with Crippen molar-refractivity contribution < 1.29 is 4.79 Å². The van der Waals surface area contributed by atoms with E-state index in [2.05, 4.69) is 38.2 Å². The molecule has 0 radical (unpaired) electrons. The van der Waals surface area contributed by atoms with E-state index in [9.17, 15) is 4.79 Å². The molecule has 0 aliphatic carbocycles. The molecule has 0 saturated heterocycles. The van der Waals surface area contributed by atoms with E-state index in [1.165, 1.54) is 5.56 Å². The van der Waals surface area contributed by atoms with Gasteiger partial charge < -0.3 is 5.32 Å². The molecule has 1 aromatic carbocycles. The van der Waals surface area contributed by atoms with E-state index < -0.39 is 0 Å². The van der Waals surface area contributed by atoms with Crippen molar-refractivity contribution in [3.05, 3.63) is 35.9 Å². The fourth-order valence-corrected chi connectivity index (χ4v) is 2.02. The molecule has 0 spiro atoms. The Balaban J connectivity index is 2.56. The van der Waals surface area contributed by atoms with Crippen molar-refractivity contribution in [1.82, 2.24) is 5.32 Å². The lowest BCUT2D eigenvalue weighted by atomic mass is 9.94. The Morgan fingerprint density at radius 1 is 1.22 bits per heavy atom. The van der Waals surface area contributed by atoms with E-state index in [0.29, 0.717) is 5.92 Å². The zero-order valence-electron chi connectivity index (χ0n) is 11.8. The van der Waals surface area contributed by atoms with Crippen LogP contribution < -0.4 is 5.32 Å². The molecule has 2 heteroatoms. The van der Waals surface area contributed by atoms with Crippen LogP contribution in [0.3, 0.4) is 0 Å². The molecular formula is C16H25NO. The highest BCUT2D eigenvalue weighted by Gasteiger charge is 2.17. The van der Waals surface area contributed by atoms with Crippen LogP contribution in [0.15, 0.2) is 30.3 Å². The molecule has 0 fully saturated rings. The van der Waals surface area contributed by atoms with Gasteiger partial charge in [-0.3, -0.25) is 4.79 Å². The van der Waals surface area contributed by atoms with Gasteiger partial charge in [-0.05, 0) is 24.3 Å². The lowest BCUT2D eigenvalue weighted by Crippen LogP contribution is -2.34. The zero-order valence-corrected chi connectivity index (χ0v) is 11.8. The van der Waals surface area contributed by atoms with Crippen molar-refractivity contribution in [3.63, 3.8) is 0 Å². The van der Waals surface area contributed by atoms with Gasteiger partial charge in [0.15, 0.2) is 0 Å². The molecule has 2 nitrogen and oxygen atoms in total. The summed E-state index contributed by atoms with van der Waals surface area (Å²) in [4.78, 5) is 12.1. The van der Waals surface area contributed by atoms with E-state index in [1.54, 1.807) is 0 Å². The predicted molar refractivity (Wildman–Crippen MR) is 76.4 cm³/mol. The maximum absolute atomic E-state index is 12.1. The molecule has 1 atom stereocenters. The summed E-state index contributed by atoms with van der Waals surface area (Å²) in [5.41, 5.74) is 1.25. The van der Waals surface area contributed by atoms with Crippen LogP contribution in [0, 0.1) is 11.8 Å². The number of hydrogen-bond acceptors (Lipinski definition) is 1. The highest BCUT2D eigenvalue weighted by molar-refractivity contribution is 5.78. The summed E-state index contributed by atoms with van der Waals surface area (Å²) in [5.74, 6) is 0.818. The van der Waals surface area contributed by atoms with E-state index in [4.69, 9.17) is 0 Å². The largest absolute Gasteiger partial charge is 0.356 e. The first kappa shape index (κ1) is 14.7. The summed E-state index contributed by atoms with van der Waals surface area (Å²) in [7, 11) is 0. The zero-order chi connectivity index (χ0) is 13.4. The van der Waals surface area contributed by atoms with Crippen molar-refractivity contribution in [3.8, 4) is 0 Å². The second kappa shape index (κ2) is 7.91.